The van der Waals surface area contributed by atoms with Crippen LogP contribution < -0.4 is 4.72 Å². The first-order valence-electron chi connectivity index (χ1n) is 11.4. The van der Waals surface area contributed by atoms with Gasteiger partial charge in [-0.3, -0.25) is 19.3 Å². The lowest BCUT2D eigenvalue weighted by atomic mass is 9.84. The number of hydrogen-bond donors (Lipinski definition) is 1. The monoisotopic (exact) mass is 507 g/mol. The van der Waals surface area contributed by atoms with Gasteiger partial charge >= 0.3 is 5.97 Å². The maximum Gasteiger partial charge on any atom is 0.324 e. The molecule has 0 bridgehead atoms. The highest BCUT2D eigenvalue weighted by atomic mass is 32.2. The summed E-state index contributed by atoms with van der Waals surface area (Å²) in [4.78, 5) is 39.4. The lowest BCUT2D eigenvalue weighted by molar-refractivity contribution is -0.140. The zero-order valence-corrected chi connectivity index (χ0v) is 20.6. The van der Waals surface area contributed by atoms with Gasteiger partial charge in [0.25, 0.3) is 11.8 Å². The number of ether oxygens (including phenoxy) is 1. The molecule has 1 fully saturated rings. The number of sulfonamides is 1. The fourth-order valence-corrected chi connectivity index (χ4v) is 6.64. The van der Waals surface area contributed by atoms with Gasteiger partial charge in [-0.05, 0) is 30.7 Å². The number of esters is 1. The van der Waals surface area contributed by atoms with Crippen LogP contribution in [0.15, 0.2) is 78.4 Å². The van der Waals surface area contributed by atoms with Crippen molar-refractivity contribution >= 4 is 27.8 Å². The summed E-state index contributed by atoms with van der Waals surface area (Å²) in [5.74, 6) is -2.70. The summed E-state index contributed by atoms with van der Waals surface area (Å²) >= 11 is 0. The third kappa shape index (κ3) is 3.69. The van der Waals surface area contributed by atoms with E-state index in [1.165, 1.54) is 25.3 Å². The number of nitrogens with zero attached hydrogens (tertiary/aromatic N) is 2. The number of carbonyl (C=O) groups excluding carboxylic acids is 3. The smallest absolute Gasteiger partial charge is 0.324 e. The van der Waals surface area contributed by atoms with Crippen LogP contribution in [0.25, 0.3) is 0 Å². The summed E-state index contributed by atoms with van der Waals surface area (Å²) in [5.41, 5.74) is 1.73. The van der Waals surface area contributed by atoms with Crippen molar-refractivity contribution in [2.45, 2.75) is 23.8 Å². The SMILES string of the molecule is COC(=O)C1CN1CNS(=O)(=O)C1(N2C(=O)c3ccccc3C2=O)C=CC(C)=CC1c1ccccc1. The Morgan fingerprint density at radius 3 is 2.28 bits per heavy atom. The molecule has 2 amide bonds. The molecule has 36 heavy (non-hydrogen) atoms. The van der Waals surface area contributed by atoms with Crippen LogP contribution in [-0.4, -0.2) is 67.2 Å². The van der Waals surface area contributed by atoms with Crippen LogP contribution in [0.2, 0.25) is 0 Å². The third-order valence-corrected chi connectivity index (χ3v) is 8.78. The molecule has 2 aromatic carbocycles. The Balaban J connectivity index is 1.62. The van der Waals surface area contributed by atoms with Crippen molar-refractivity contribution in [1.29, 1.82) is 0 Å². The molecule has 0 radical (unpaired) electrons. The van der Waals surface area contributed by atoms with E-state index in [-0.39, 0.29) is 17.8 Å². The average molecular weight is 508 g/mol. The highest BCUT2D eigenvalue weighted by Gasteiger charge is 2.60. The number of imide groups is 1. The van der Waals surface area contributed by atoms with Crippen LogP contribution in [0.4, 0.5) is 0 Å². The molecule has 1 saturated heterocycles. The molecule has 1 aliphatic carbocycles. The summed E-state index contributed by atoms with van der Waals surface area (Å²) in [6.07, 6.45) is 4.79. The van der Waals surface area contributed by atoms with Gasteiger partial charge in [-0.2, -0.15) is 4.72 Å². The van der Waals surface area contributed by atoms with Crippen molar-refractivity contribution in [3.8, 4) is 0 Å². The molecular weight excluding hydrogens is 482 g/mol. The normalized spacial score (nSPS) is 27.0. The molecule has 4 atom stereocenters. The van der Waals surface area contributed by atoms with Crippen molar-refractivity contribution in [1.82, 2.24) is 14.5 Å². The highest BCUT2D eigenvalue weighted by molar-refractivity contribution is 7.91. The number of nitrogens with one attached hydrogen (secondary N) is 1. The molecule has 1 N–H and O–H groups in total. The quantitative estimate of drug-likeness (QED) is 0.347. The minimum atomic E-state index is -4.43. The molecule has 9 nitrogen and oxygen atoms in total. The fraction of sp³-hybridized carbons (Fsp3) is 0.269. The number of rotatable bonds is 7. The maximum absolute atomic E-state index is 14.2. The van der Waals surface area contributed by atoms with Gasteiger partial charge in [-0.25, -0.2) is 13.3 Å². The van der Waals surface area contributed by atoms with E-state index in [1.54, 1.807) is 53.5 Å². The summed E-state index contributed by atoms with van der Waals surface area (Å²) in [5, 5.41) is 0. The van der Waals surface area contributed by atoms with E-state index >= 15 is 0 Å². The lowest BCUT2D eigenvalue weighted by Gasteiger charge is -2.44. The molecule has 2 heterocycles. The van der Waals surface area contributed by atoms with E-state index in [2.05, 4.69) is 4.72 Å². The first-order valence-corrected chi connectivity index (χ1v) is 12.9. The maximum atomic E-state index is 14.2. The van der Waals surface area contributed by atoms with Gasteiger partial charge < -0.3 is 4.74 Å². The Morgan fingerprint density at radius 1 is 1.06 bits per heavy atom. The number of carbonyl (C=O) groups is 3. The molecule has 186 valence electrons. The number of allylic oxidation sites excluding steroid dienone is 2. The van der Waals surface area contributed by atoms with Gasteiger partial charge in [0.05, 0.1) is 24.9 Å². The van der Waals surface area contributed by atoms with Crippen molar-refractivity contribution in [2.75, 3.05) is 20.3 Å². The van der Waals surface area contributed by atoms with Gasteiger partial charge in [-0.1, -0.05) is 60.2 Å². The Labute approximate surface area is 209 Å². The van der Waals surface area contributed by atoms with Crippen LogP contribution in [0.3, 0.4) is 0 Å². The molecule has 0 spiro atoms. The number of methoxy groups -OCH3 is 1. The predicted octanol–water partition coefficient (Wildman–Crippen LogP) is 2.01. The van der Waals surface area contributed by atoms with E-state index in [1.807, 2.05) is 13.0 Å². The summed E-state index contributed by atoms with van der Waals surface area (Å²) < 4.78 is 35.7. The van der Waals surface area contributed by atoms with Gasteiger partial charge in [0, 0.05) is 12.5 Å². The van der Waals surface area contributed by atoms with Crippen molar-refractivity contribution in [3.63, 3.8) is 0 Å². The van der Waals surface area contributed by atoms with Crippen LogP contribution in [0, 0.1) is 0 Å². The average Bonchev–Trinajstić information content (AvgIpc) is 3.63. The van der Waals surface area contributed by atoms with E-state index < -0.39 is 44.6 Å². The Kier molecular flexibility index (Phi) is 5.90. The second-order valence-corrected chi connectivity index (χ2v) is 10.9. The highest BCUT2D eigenvalue weighted by Crippen LogP contribution is 2.46. The third-order valence-electron chi connectivity index (χ3n) is 6.84. The van der Waals surface area contributed by atoms with Crippen molar-refractivity contribution in [3.05, 3.63) is 95.1 Å². The van der Waals surface area contributed by atoms with Gasteiger partial charge in [-0.15, -0.1) is 0 Å². The van der Waals surface area contributed by atoms with Crippen LogP contribution in [-0.2, 0) is 19.6 Å². The molecule has 2 aromatic rings. The number of hydrogen-bond acceptors (Lipinski definition) is 7. The molecule has 0 aromatic heterocycles. The Bertz CT molecular complexity index is 1380. The molecular formula is C26H25N3O6S. The van der Waals surface area contributed by atoms with Crippen LogP contribution >= 0.6 is 0 Å². The van der Waals surface area contributed by atoms with Crippen molar-refractivity contribution < 1.29 is 27.5 Å². The molecule has 3 aliphatic rings. The Hall–Kier alpha value is -3.60. The molecule has 0 saturated carbocycles. The lowest BCUT2D eigenvalue weighted by Crippen LogP contribution is -2.63. The van der Waals surface area contributed by atoms with Crippen molar-refractivity contribution in [2.24, 2.45) is 0 Å². The summed E-state index contributed by atoms with van der Waals surface area (Å²) in [7, 11) is -3.16. The molecule has 10 heteroatoms. The van der Waals surface area contributed by atoms with E-state index in [0.717, 1.165) is 10.5 Å². The second kappa shape index (κ2) is 8.81. The minimum Gasteiger partial charge on any atom is -0.468 e. The van der Waals surface area contributed by atoms with Crippen LogP contribution in [0.1, 0.15) is 39.1 Å². The zero-order valence-electron chi connectivity index (χ0n) is 19.7. The van der Waals surface area contributed by atoms with E-state index in [4.69, 9.17) is 4.74 Å². The largest absolute Gasteiger partial charge is 0.468 e. The molecule has 5 rings (SSSR count). The predicted molar refractivity (Wildman–Crippen MR) is 131 cm³/mol. The molecule has 4 unspecified atom stereocenters. The van der Waals surface area contributed by atoms with Gasteiger partial charge in [0.15, 0.2) is 4.87 Å². The van der Waals surface area contributed by atoms with Crippen LogP contribution in [0.5, 0.6) is 0 Å². The number of fused-ring (bicyclic) bond motifs is 1. The number of benzene rings is 2. The summed E-state index contributed by atoms with van der Waals surface area (Å²) in [6.45, 7) is 1.99. The topological polar surface area (TPSA) is 113 Å². The first-order chi connectivity index (χ1) is 17.2. The minimum absolute atomic E-state index is 0.153. The number of amides is 2. The fourth-order valence-electron chi connectivity index (χ4n) is 4.88. The second-order valence-electron chi connectivity index (χ2n) is 8.99. The van der Waals surface area contributed by atoms with E-state index in [0.29, 0.717) is 12.1 Å². The zero-order chi connectivity index (χ0) is 25.7. The van der Waals surface area contributed by atoms with E-state index in [9.17, 15) is 22.8 Å². The summed E-state index contributed by atoms with van der Waals surface area (Å²) in [6, 6.07) is 14.7. The first kappa shape index (κ1) is 24.1. The molecule has 2 aliphatic heterocycles. The Morgan fingerprint density at radius 2 is 1.67 bits per heavy atom. The van der Waals surface area contributed by atoms with Gasteiger partial charge in [0.2, 0.25) is 10.0 Å². The standard InChI is InChI=1S/C26H25N3O6S/c1-17-12-13-26(21(14-17)18-8-4-3-5-9-18,29-23(30)19-10-6-7-11-20(19)24(29)31)36(33,34)27-16-28-15-22(28)25(32)35-2/h3-14,21-22,27H,15-16H2,1-2H3. The van der Waals surface area contributed by atoms with Gasteiger partial charge in [0.1, 0.15) is 6.04 Å².